The highest BCUT2D eigenvalue weighted by atomic mass is 35.5. The predicted molar refractivity (Wildman–Crippen MR) is 64.2 cm³/mol. The lowest BCUT2D eigenvalue weighted by Crippen LogP contribution is -2.32. The second kappa shape index (κ2) is 4.87. The molecule has 1 heterocycles. The van der Waals surface area contributed by atoms with E-state index in [4.69, 9.17) is 16.3 Å². The quantitative estimate of drug-likeness (QED) is 0.758. The number of ether oxygens (including phenoxy) is 1. The minimum atomic E-state index is -0.569. The molecule has 1 aliphatic heterocycles. The highest BCUT2D eigenvalue weighted by molar-refractivity contribution is 6.30. The Hall–Kier alpha value is -1.37. The molecule has 0 spiro atoms. The molecule has 1 aliphatic rings. The molecule has 0 unspecified atom stereocenters. The lowest BCUT2D eigenvalue weighted by atomic mass is 9.75. The monoisotopic (exact) mass is 249 g/mol. The van der Waals surface area contributed by atoms with Crippen molar-refractivity contribution in [2.75, 3.05) is 13.2 Å². The van der Waals surface area contributed by atoms with Gasteiger partial charge >= 0.3 is 0 Å². The molecule has 0 atom stereocenters. The zero-order valence-corrected chi connectivity index (χ0v) is 10.0. The van der Waals surface area contributed by atoms with E-state index in [0.717, 1.165) is 11.8 Å². The smallest absolute Gasteiger partial charge is 0.150 e. The van der Waals surface area contributed by atoms with E-state index in [2.05, 4.69) is 6.07 Å². The van der Waals surface area contributed by atoms with Gasteiger partial charge in [0.2, 0.25) is 0 Å². The number of halogens is 1. The first-order valence-corrected chi connectivity index (χ1v) is 5.83. The zero-order chi connectivity index (χ0) is 12.3. The Kier molecular flexibility index (Phi) is 3.46. The Morgan fingerprint density at radius 2 is 2.06 bits per heavy atom. The van der Waals surface area contributed by atoms with Gasteiger partial charge in [0.1, 0.15) is 6.29 Å². The lowest BCUT2D eigenvalue weighted by Gasteiger charge is -2.31. The van der Waals surface area contributed by atoms with E-state index in [1.807, 2.05) is 0 Å². The zero-order valence-electron chi connectivity index (χ0n) is 9.28. The first-order valence-electron chi connectivity index (χ1n) is 5.45. The summed E-state index contributed by atoms with van der Waals surface area (Å²) in [4.78, 5) is 10.8. The van der Waals surface area contributed by atoms with Gasteiger partial charge in [-0.2, -0.15) is 5.26 Å². The van der Waals surface area contributed by atoms with Crippen LogP contribution in [0, 0.1) is 11.3 Å². The maximum atomic E-state index is 10.8. The molecule has 0 bridgehead atoms. The Morgan fingerprint density at radius 1 is 1.35 bits per heavy atom. The summed E-state index contributed by atoms with van der Waals surface area (Å²) in [7, 11) is 0. The minimum Gasteiger partial charge on any atom is -0.381 e. The highest BCUT2D eigenvalue weighted by Crippen LogP contribution is 2.35. The van der Waals surface area contributed by atoms with Crippen molar-refractivity contribution in [3.63, 3.8) is 0 Å². The van der Waals surface area contributed by atoms with E-state index in [1.54, 1.807) is 18.2 Å². The number of aldehydes is 1. The van der Waals surface area contributed by atoms with E-state index in [9.17, 15) is 10.1 Å². The second-order valence-corrected chi connectivity index (χ2v) is 4.63. The van der Waals surface area contributed by atoms with Crippen molar-refractivity contribution in [1.82, 2.24) is 0 Å². The Morgan fingerprint density at radius 3 is 2.65 bits per heavy atom. The molecule has 0 aliphatic carbocycles. The van der Waals surface area contributed by atoms with Crippen LogP contribution >= 0.6 is 11.6 Å². The normalized spacial score (nSPS) is 18.4. The summed E-state index contributed by atoms with van der Waals surface area (Å²) in [5.41, 5.74) is 0.757. The van der Waals surface area contributed by atoms with E-state index >= 15 is 0 Å². The van der Waals surface area contributed by atoms with Gasteiger partial charge in [0.05, 0.1) is 11.5 Å². The van der Waals surface area contributed by atoms with E-state index < -0.39 is 5.41 Å². The largest absolute Gasteiger partial charge is 0.381 e. The fourth-order valence-corrected chi connectivity index (χ4v) is 2.39. The van der Waals surface area contributed by atoms with Crippen molar-refractivity contribution in [1.29, 1.82) is 5.26 Å². The molecule has 1 aromatic rings. The summed E-state index contributed by atoms with van der Waals surface area (Å²) in [5, 5.41) is 9.90. The summed E-state index contributed by atoms with van der Waals surface area (Å²) in [5.74, 6) is 0. The number of nitrogens with zero attached hydrogens (tertiary/aromatic N) is 1. The van der Waals surface area contributed by atoms with Crippen LogP contribution in [0.2, 0.25) is 5.02 Å². The Balaban J connectivity index is 2.46. The molecule has 0 aromatic heterocycles. The van der Waals surface area contributed by atoms with Crippen LogP contribution in [0.5, 0.6) is 0 Å². The molecule has 0 amide bonds. The van der Waals surface area contributed by atoms with Gasteiger partial charge < -0.3 is 4.74 Å². The third-order valence-electron chi connectivity index (χ3n) is 3.17. The lowest BCUT2D eigenvalue weighted by molar-refractivity contribution is 0.0675. The average Bonchev–Trinajstić information content (AvgIpc) is 2.38. The van der Waals surface area contributed by atoms with Gasteiger partial charge in [0.15, 0.2) is 0 Å². The van der Waals surface area contributed by atoms with Crippen LogP contribution in [0.25, 0.3) is 0 Å². The van der Waals surface area contributed by atoms with Crippen molar-refractivity contribution in [2.45, 2.75) is 18.3 Å². The van der Waals surface area contributed by atoms with Gasteiger partial charge in [-0.25, -0.2) is 0 Å². The van der Waals surface area contributed by atoms with Gasteiger partial charge in [0.25, 0.3) is 0 Å². The third-order valence-corrected chi connectivity index (χ3v) is 3.39. The molecule has 4 heteroatoms. The number of hydrogen-bond donors (Lipinski definition) is 0. The molecule has 88 valence electrons. The van der Waals surface area contributed by atoms with E-state index in [-0.39, 0.29) is 0 Å². The predicted octanol–water partition coefficient (Wildman–Crippen LogP) is 2.72. The summed E-state index contributed by atoms with van der Waals surface area (Å²) in [6, 6.07) is 7.47. The number of rotatable bonds is 2. The molecule has 2 rings (SSSR count). The highest BCUT2D eigenvalue weighted by Gasteiger charge is 2.35. The van der Waals surface area contributed by atoms with Crippen molar-refractivity contribution in [2.24, 2.45) is 0 Å². The molecule has 1 fully saturated rings. The van der Waals surface area contributed by atoms with Crippen LogP contribution in [0.3, 0.4) is 0 Å². The van der Waals surface area contributed by atoms with Crippen molar-refractivity contribution in [3.8, 4) is 6.07 Å². The number of carbonyl (C=O) groups is 1. The van der Waals surface area contributed by atoms with Crippen LogP contribution in [-0.4, -0.2) is 19.5 Å². The standard InChI is InChI=1S/C13H12ClNO2/c14-12-6-10(8-16)5-11(7-12)13(9-15)1-3-17-4-2-13/h5-8H,1-4H2. The number of nitriles is 1. The minimum absolute atomic E-state index is 0.491. The van der Waals surface area contributed by atoms with Gasteiger partial charge in [0, 0.05) is 23.8 Å². The third kappa shape index (κ3) is 2.33. The van der Waals surface area contributed by atoms with Gasteiger partial charge in [-0.1, -0.05) is 11.6 Å². The molecule has 17 heavy (non-hydrogen) atoms. The molecule has 1 saturated heterocycles. The summed E-state index contributed by atoms with van der Waals surface area (Å²) < 4.78 is 5.28. The number of carbonyl (C=O) groups excluding carboxylic acids is 1. The molecule has 0 N–H and O–H groups in total. The van der Waals surface area contributed by atoms with Gasteiger partial charge in [-0.3, -0.25) is 4.79 Å². The van der Waals surface area contributed by atoms with Crippen LogP contribution in [-0.2, 0) is 10.2 Å². The van der Waals surface area contributed by atoms with Crippen LogP contribution in [0.15, 0.2) is 18.2 Å². The molecular weight excluding hydrogens is 238 g/mol. The van der Waals surface area contributed by atoms with Crippen molar-refractivity contribution >= 4 is 17.9 Å². The Bertz CT molecular complexity index is 473. The average molecular weight is 250 g/mol. The van der Waals surface area contributed by atoms with E-state index in [0.29, 0.717) is 36.6 Å². The fraction of sp³-hybridized carbons (Fsp3) is 0.385. The maximum Gasteiger partial charge on any atom is 0.150 e. The molecule has 3 nitrogen and oxygen atoms in total. The molecular formula is C13H12ClNO2. The van der Waals surface area contributed by atoms with Crippen LogP contribution in [0.4, 0.5) is 0 Å². The van der Waals surface area contributed by atoms with Gasteiger partial charge in [-0.05, 0) is 36.6 Å². The molecule has 1 aromatic carbocycles. The number of hydrogen-bond acceptors (Lipinski definition) is 3. The van der Waals surface area contributed by atoms with E-state index in [1.165, 1.54) is 0 Å². The first-order chi connectivity index (χ1) is 8.20. The fourth-order valence-electron chi connectivity index (χ4n) is 2.14. The van der Waals surface area contributed by atoms with Crippen molar-refractivity contribution in [3.05, 3.63) is 34.3 Å². The summed E-state index contributed by atoms with van der Waals surface area (Å²) in [6.07, 6.45) is 2.03. The molecule has 0 radical (unpaired) electrons. The first kappa shape index (κ1) is 12.1. The van der Waals surface area contributed by atoms with Gasteiger partial charge in [-0.15, -0.1) is 0 Å². The van der Waals surface area contributed by atoms with Crippen LogP contribution < -0.4 is 0 Å². The Labute approximate surface area is 105 Å². The summed E-state index contributed by atoms with van der Waals surface area (Å²) >= 11 is 5.97. The second-order valence-electron chi connectivity index (χ2n) is 4.20. The SMILES string of the molecule is N#CC1(c2cc(Cl)cc(C=O)c2)CCOCC1. The summed E-state index contributed by atoms with van der Waals surface area (Å²) in [6.45, 7) is 1.13. The molecule has 0 saturated carbocycles. The van der Waals surface area contributed by atoms with Crippen molar-refractivity contribution < 1.29 is 9.53 Å². The van der Waals surface area contributed by atoms with Crippen LogP contribution in [0.1, 0.15) is 28.8 Å². The number of benzene rings is 1. The maximum absolute atomic E-state index is 10.8. The topological polar surface area (TPSA) is 50.1 Å².